The van der Waals surface area contributed by atoms with Crippen molar-refractivity contribution in [3.8, 4) is 17.2 Å². The van der Waals surface area contributed by atoms with Gasteiger partial charge in [0.15, 0.2) is 0 Å². The van der Waals surface area contributed by atoms with Gasteiger partial charge in [-0.25, -0.2) is 9.69 Å². The summed E-state index contributed by atoms with van der Waals surface area (Å²) in [6, 6.07) is 13.1. The smallest absolute Gasteiger partial charge is 0.336 e. The van der Waals surface area contributed by atoms with Crippen molar-refractivity contribution in [1.82, 2.24) is 5.32 Å². The molecule has 0 radical (unpaired) electrons. The van der Waals surface area contributed by atoms with Crippen molar-refractivity contribution >= 4 is 52.0 Å². The van der Waals surface area contributed by atoms with Crippen LogP contribution >= 0.6 is 11.6 Å². The van der Waals surface area contributed by atoms with Gasteiger partial charge in [0.25, 0.3) is 11.8 Å². The fourth-order valence-corrected chi connectivity index (χ4v) is 4.05. The molecule has 0 aliphatic carbocycles. The number of nitrogens with one attached hydrogen (secondary N) is 1. The lowest BCUT2D eigenvalue weighted by atomic mass is 9.99. The predicted molar refractivity (Wildman–Crippen MR) is 133 cm³/mol. The van der Waals surface area contributed by atoms with Crippen molar-refractivity contribution in [3.63, 3.8) is 0 Å². The molecule has 0 spiro atoms. The molecular weight excluding hydrogens is 472 g/mol. The lowest BCUT2D eigenvalue weighted by Crippen LogP contribution is -2.54. The van der Waals surface area contributed by atoms with E-state index in [0.717, 1.165) is 15.7 Å². The summed E-state index contributed by atoms with van der Waals surface area (Å²) in [6.07, 6.45) is 1.30. The van der Waals surface area contributed by atoms with Gasteiger partial charge < -0.3 is 14.2 Å². The Bertz CT molecular complexity index is 1380. The van der Waals surface area contributed by atoms with E-state index in [1.807, 2.05) is 44.2 Å². The Hall–Kier alpha value is -4.04. The Labute approximate surface area is 207 Å². The van der Waals surface area contributed by atoms with Crippen LogP contribution in [0, 0.1) is 0 Å². The summed E-state index contributed by atoms with van der Waals surface area (Å²) in [5.74, 6) is -0.764. The molecule has 4 rings (SSSR count). The lowest BCUT2D eigenvalue weighted by Gasteiger charge is -2.28. The lowest BCUT2D eigenvalue weighted by molar-refractivity contribution is -0.122. The molecule has 0 unspecified atom stereocenters. The number of hydrogen-bond acceptors (Lipinski definition) is 6. The average Bonchev–Trinajstić information content (AvgIpc) is 2.82. The van der Waals surface area contributed by atoms with E-state index in [0.29, 0.717) is 11.3 Å². The Balaban J connectivity index is 1.89. The second kappa shape index (κ2) is 9.68. The van der Waals surface area contributed by atoms with Gasteiger partial charge in [-0.05, 0) is 36.8 Å². The van der Waals surface area contributed by atoms with Crippen LogP contribution in [0.15, 0.2) is 54.1 Å². The van der Waals surface area contributed by atoms with Crippen LogP contribution in [0.5, 0.6) is 17.2 Å². The average molecular weight is 495 g/mol. The van der Waals surface area contributed by atoms with Gasteiger partial charge in [-0.3, -0.25) is 14.9 Å². The van der Waals surface area contributed by atoms with Crippen LogP contribution in [0.2, 0.25) is 5.02 Å². The van der Waals surface area contributed by atoms with E-state index >= 15 is 0 Å². The summed E-state index contributed by atoms with van der Waals surface area (Å²) < 4.78 is 16.5. The molecular formula is C26H23ClN2O6. The highest BCUT2D eigenvalue weighted by Crippen LogP contribution is 2.40. The maximum atomic E-state index is 13.6. The molecule has 0 saturated carbocycles. The van der Waals surface area contributed by atoms with Crippen molar-refractivity contribution in [3.05, 3.63) is 64.7 Å². The van der Waals surface area contributed by atoms with Crippen LogP contribution in [0.1, 0.15) is 19.4 Å². The van der Waals surface area contributed by atoms with Gasteiger partial charge in [-0.1, -0.05) is 41.9 Å². The van der Waals surface area contributed by atoms with Crippen LogP contribution in [-0.2, 0) is 9.59 Å². The summed E-state index contributed by atoms with van der Waals surface area (Å²) in [5, 5.41) is 4.15. The van der Waals surface area contributed by atoms with Gasteiger partial charge in [-0.2, -0.15) is 0 Å². The number of rotatable bonds is 6. The first-order chi connectivity index (χ1) is 16.7. The van der Waals surface area contributed by atoms with Crippen LogP contribution in [0.25, 0.3) is 16.8 Å². The van der Waals surface area contributed by atoms with E-state index < -0.39 is 17.8 Å². The molecule has 0 bridgehead atoms. The second-order valence-electron chi connectivity index (χ2n) is 7.98. The number of benzene rings is 3. The Morgan fingerprint density at radius 1 is 0.943 bits per heavy atom. The van der Waals surface area contributed by atoms with E-state index in [9.17, 15) is 14.4 Å². The molecule has 1 fully saturated rings. The topological polar surface area (TPSA) is 94.2 Å². The number of nitrogens with zero attached hydrogens (tertiary/aromatic N) is 1. The number of ether oxygens (including phenoxy) is 3. The monoisotopic (exact) mass is 494 g/mol. The highest BCUT2D eigenvalue weighted by Gasteiger charge is 2.39. The zero-order valence-corrected chi connectivity index (χ0v) is 20.3. The maximum Gasteiger partial charge on any atom is 0.336 e. The molecule has 4 amide bonds. The Kier molecular flexibility index (Phi) is 6.66. The zero-order valence-electron chi connectivity index (χ0n) is 19.5. The second-order valence-corrected chi connectivity index (χ2v) is 8.39. The number of amides is 4. The van der Waals surface area contributed by atoms with Gasteiger partial charge in [0, 0.05) is 17.7 Å². The van der Waals surface area contributed by atoms with Crippen molar-refractivity contribution < 1.29 is 28.6 Å². The summed E-state index contributed by atoms with van der Waals surface area (Å²) in [4.78, 5) is 40.0. The van der Waals surface area contributed by atoms with Crippen molar-refractivity contribution in [2.75, 3.05) is 19.1 Å². The largest absolute Gasteiger partial charge is 0.495 e. The van der Waals surface area contributed by atoms with Crippen molar-refractivity contribution in [2.45, 2.75) is 20.0 Å². The van der Waals surface area contributed by atoms with Crippen LogP contribution in [-0.4, -0.2) is 38.2 Å². The fourth-order valence-electron chi connectivity index (χ4n) is 3.82. The summed E-state index contributed by atoms with van der Waals surface area (Å²) in [7, 11) is 2.78. The molecule has 0 atom stereocenters. The molecule has 1 saturated heterocycles. The van der Waals surface area contributed by atoms with E-state index in [2.05, 4.69) is 5.32 Å². The quantitative estimate of drug-likeness (QED) is 0.384. The van der Waals surface area contributed by atoms with Crippen LogP contribution in [0.4, 0.5) is 10.5 Å². The third kappa shape index (κ3) is 4.52. The van der Waals surface area contributed by atoms with Gasteiger partial charge in [0.2, 0.25) is 0 Å². The Morgan fingerprint density at radius 3 is 2.34 bits per heavy atom. The third-order valence-corrected chi connectivity index (χ3v) is 5.67. The molecule has 1 heterocycles. The van der Waals surface area contributed by atoms with E-state index in [1.54, 1.807) is 6.07 Å². The van der Waals surface area contributed by atoms with E-state index in [1.165, 1.54) is 32.4 Å². The Morgan fingerprint density at radius 2 is 1.66 bits per heavy atom. The third-order valence-electron chi connectivity index (χ3n) is 5.38. The number of fused-ring (bicyclic) bond motifs is 1. The van der Waals surface area contributed by atoms with Crippen LogP contribution < -0.4 is 24.4 Å². The summed E-state index contributed by atoms with van der Waals surface area (Å²) >= 11 is 6.18. The summed E-state index contributed by atoms with van der Waals surface area (Å²) in [5.41, 5.74) is 0.377. The molecule has 1 aliphatic rings. The molecule has 180 valence electrons. The van der Waals surface area contributed by atoms with Crippen LogP contribution in [0.3, 0.4) is 0 Å². The molecule has 3 aromatic carbocycles. The van der Waals surface area contributed by atoms with E-state index in [4.69, 9.17) is 25.8 Å². The molecule has 1 aliphatic heterocycles. The minimum atomic E-state index is -0.920. The number of carbonyl (C=O) groups excluding carboxylic acids is 3. The minimum absolute atomic E-state index is 0.0752. The molecule has 0 aromatic heterocycles. The number of anilines is 1. The highest BCUT2D eigenvalue weighted by atomic mass is 35.5. The standard InChI is InChI=1S/C26H23ClN2O6/c1-14(2)35-21-10-9-15-7-5-6-8-16(15)17(21)11-18-24(30)28-26(32)29(25(18)31)20-13-22(33-3)19(27)12-23(20)34-4/h5-14H,1-4H3,(H,28,30,32)/b18-11+. The van der Waals surface area contributed by atoms with Crippen molar-refractivity contribution in [1.29, 1.82) is 0 Å². The molecule has 9 heteroatoms. The number of methoxy groups -OCH3 is 2. The van der Waals surface area contributed by atoms with Gasteiger partial charge in [0.1, 0.15) is 22.8 Å². The fraction of sp³-hybridized carbons (Fsp3) is 0.192. The SMILES string of the molecule is COc1cc(N2C(=O)NC(=O)/C(=C\c3c(OC(C)C)ccc4ccccc34)C2=O)c(OC)cc1Cl. The number of hydrogen-bond donors (Lipinski definition) is 1. The molecule has 3 aromatic rings. The van der Waals surface area contributed by atoms with Gasteiger partial charge >= 0.3 is 6.03 Å². The highest BCUT2D eigenvalue weighted by molar-refractivity contribution is 6.40. The number of imide groups is 2. The van der Waals surface area contributed by atoms with E-state index in [-0.39, 0.29) is 33.9 Å². The normalized spacial score (nSPS) is 15.1. The zero-order chi connectivity index (χ0) is 25.3. The molecule has 1 N–H and O–H groups in total. The van der Waals surface area contributed by atoms with Crippen molar-refractivity contribution in [2.24, 2.45) is 0 Å². The summed E-state index contributed by atoms with van der Waals surface area (Å²) in [6.45, 7) is 3.76. The molecule has 35 heavy (non-hydrogen) atoms. The first-order valence-corrected chi connectivity index (χ1v) is 11.1. The first-order valence-electron chi connectivity index (χ1n) is 10.8. The molecule has 8 nitrogen and oxygen atoms in total. The maximum absolute atomic E-state index is 13.6. The minimum Gasteiger partial charge on any atom is -0.495 e. The number of halogens is 1. The first kappa shape index (κ1) is 24.1. The number of barbiturate groups is 1. The van der Waals surface area contributed by atoms with Gasteiger partial charge in [-0.15, -0.1) is 0 Å². The number of urea groups is 1. The van der Waals surface area contributed by atoms with Gasteiger partial charge in [0.05, 0.1) is 31.0 Å². The number of carbonyl (C=O) groups is 3. The predicted octanol–water partition coefficient (Wildman–Crippen LogP) is 4.96.